The van der Waals surface area contributed by atoms with Gasteiger partial charge in [0, 0.05) is 41.7 Å². The minimum Gasteiger partial charge on any atom is -0.352 e. The van der Waals surface area contributed by atoms with Gasteiger partial charge in [0.25, 0.3) is 0 Å². The molecule has 2 bridgehead atoms. The summed E-state index contributed by atoms with van der Waals surface area (Å²) in [5, 5.41) is 1.20. The normalized spacial score (nSPS) is 22.1. The van der Waals surface area contributed by atoms with E-state index in [1.54, 1.807) is 0 Å². The van der Waals surface area contributed by atoms with Crippen LogP contribution in [-0.2, 0) is 6.54 Å². The third-order valence-corrected chi connectivity index (χ3v) is 4.64. The molecule has 3 heteroatoms. The van der Waals surface area contributed by atoms with Crippen molar-refractivity contribution >= 4 is 16.7 Å². The van der Waals surface area contributed by atoms with Crippen LogP contribution >= 0.6 is 0 Å². The molecule has 0 saturated heterocycles. The van der Waals surface area contributed by atoms with Crippen LogP contribution in [0.25, 0.3) is 10.9 Å². The lowest BCUT2D eigenvalue weighted by Crippen LogP contribution is -2.35. The topological polar surface area (TPSA) is 36.1 Å². The van der Waals surface area contributed by atoms with Crippen LogP contribution in [0.15, 0.2) is 35.4 Å². The molecule has 3 aliphatic rings. The molecule has 5 rings (SSSR count). The lowest BCUT2D eigenvalue weighted by Gasteiger charge is -2.32. The quantitative estimate of drug-likeness (QED) is 0.860. The number of para-hydroxylation sites is 1. The van der Waals surface area contributed by atoms with Crippen LogP contribution in [-0.4, -0.2) is 28.8 Å². The van der Waals surface area contributed by atoms with Crippen LogP contribution in [0, 0.1) is 0 Å². The van der Waals surface area contributed by atoms with Gasteiger partial charge in [0.05, 0.1) is 5.69 Å². The number of carbonyl (C=O) groups is 1. The molecule has 0 radical (unpaired) electrons. The summed E-state index contributed by atoms with van der Waals surface area (Å²) in [5.41, 5.74) is 5.45. The lowest BCUT2D eigenvalue weighted by atomic mass is 9.89. The molecule has 2 aromatic rings. The highest BCUT2D eigenvalue weighted by Gasteiger charge is 2.30. The van der Waals surface area contributed by atoms with Gasteiger partial charge in [-0.1, -0.05) is 25.1 Å². The van der Waals surface area contributed by atoms with E-state index in [1.165, 1.54) is 16.5 Å². The highest BCUT2D eigenvalue weighted by molar-refractivity contribution is 6.12. The van der Waals surface area contributed by atoms with Crippen LogP contribution in [0.2, 0.25) is 0 Å². The molecule has 1 atom stereocenters. The average molecular weight is 266 g/mol. The number of aromatic nitrogens is 1. The zero-order valence-electron chi connectivity index (χ0n) is 11.7. The Balaban J connectivity index is 1.98. The third-order valence-electron chi connectivity index (χ3n) is 4.64. The standard InChI is InChI=1S/C17H18N2O/c1-2-11-9-19-8-7-12(11)17(20)16-14(10-19)13-5-3-4-6-15(13)18-16/h3-6,18H,2,7-10H2,1H3. The molecule has 1 N–H and O–H groups in total. The van der Waals surface area contributed by atoms with Crippen molar-refractivity contribution in [2.75, 3.05) is 13.1 Å². The van der Waals surface area contributed by atoms with Gasteiger partial charge in [-0.05, 0) is 24.5 Å². The Kier molecular flexibility index (Phi) is 2.57. The highest BCUT2D eigenvalue weighted by atomic mass is 16.1. The van der Waals surface area contributed by atoms with E-state index in [-0.39, 0.29) is 5.78 Å². The number of ketones is 1. The smallest absolute Gasteiger partial charge is 0.205 e. The molecule has 0 fully saturated rings. The van der Waals surface area contributed by atoms with Crippen LogP contribution in [0.4, 0.5) is 0 Å². The first-order valence-electron chi connectivity index (χ1n) is 7.35. The highest BCUT2D eigenvalue weighted by Crippen LogP contribution is 2.33. The summed E-state index contributed by atoms with van der Waals surface area (Å²) in [4.78, 5) is 18.7. The lowest BCUT2D eigenvalue weighted by molar-refractivity contribution is 0.100. The van der Waals surface area contributed by atoms with Crippen molar-refractivity contribution in [3.05, 3.63) is 46.7 Å². The summed E-state index contributed by atoms with van der Waals surface area (Å²) >= 11 is 0. The van der Waals surface area contributed by atoms with Crippen molar-refractivity contribution in [2.24, 2.45) is 0 Å². The molecule has 102 valence electrons. The number of nitrogens with one attached hydrogen (secondary N) is 1. The zero-order chi connectivity index (χ0) is 13.7. The first-order valence-corrected chi connectivity index (χ1v) is 7.35. The minimum atomic E-state index is 0.229. The van der Waals surface area contributed by atoms with E-state index in [2.05, 4.69) is 28.9 Å². The Bertz CT molecular complexity index is 739. The number of H-pyrrole nitrogens is 1. The minimum absolute atomic E-state index is 0.229. The Morgan fingerprint density at radius 1 is 1.25 bits per heavy atom. The molecule has 0 aliphatic carbocycles. The van der Waals surface area contributed by atoms with E-state index >= 15 is 0 Å². The molecular weight excluding hydrogens is 248 g/mol. The number of carbonyl (C=O) groups excluding carboxylic acids is 1. The van der Waals surface area contributed by atoms with Crippen LogP contribution in [0.1, 0.15) is 35.8 Å². The maximum absolute atomic E-state index is 12.9. The van der Waals surface area contributed by atoms with E-state index in [1.807, 2.05) is 12.1 Å². The van der Waals surface area contributed by atoms with Crippen molar-refractivity contribution in [2.45, 2.75) is 26.3 Å². The van der Waals surface area contributed by atoms with Gasteiger partial charge in [-0.3, -0.25) is 9.69 Å². The van der Waals surface area contributed by atoms with Crippen molar-refractivity contribution in [1.82, 2.24) is 9.88 Å². The Morgan fingerprint density at radius 3 is 2.95 bits per heavy atom. The summed E-state index contributed by atoms with van der Waals surface area (Å²) in [6.07, 6.45) is 1.88. The van der Waals surface area contributed by atoms with Crippen LogP contribution in [0.5, 0.6) is 0 Å². The molecule has 1 aromatic carbocycles. The number of hydrogen-bond donors (Lipinski definition) is 1. The van der Waals surface area contributed by atoms with E-state index in [9.17, 15) is 4.79 Å². The summed E-state index contributed by atoms with van der Waals surface area (Å²) in [5.74, 6) is 0.229. The Hall–Kier alpha value is -1.87. The molecule has 0 saturated carbocycles. The molecule has 0 amide bonds. The predicted octanol–water partition coefficient (Wildman–Crippen LogP) is 3.28. The van der Waals surface area contributed by atoms with E-state index in [0.29, 0.717) is 0 Å². The number of nitrogens with zero attached hydrogens (tertiary/aromatic N) is 1. The molecule has 0 spiro atoms. The fraction of sp³-hybridized carbons (Fsp3) is 0.353. The van der Waals surface area contributed by atoms with Gasteiger partial charge in [-0.2, -0.15) is 0 Å². The Morgan fingerprint density at radius 2 is 2.10 bits per heavy atom. The maximum atomic E-state index is 12.9. The van der Waals surface area contributed by atoms with Gasteiger partial charge in [-0.15, -0.1) is 0 Å². The number of rotatable bonds is 1. The second-order valence-corrected chi connectivity index (χ2v) is 5.75. The van der Waals surface area contributed by atoms with Crippen molar-refractivity contribution in [1.29, 1.82) is 0 Å². The van der Waals surface area contributed by atoms with Crippen LogP contribution < -0.4 is 0 Å². The summed E-state index contributed by atoms with van der Waals surface area (Å²) in [6, 6.07) is 8.23. The molecule has 1 unspecified atom stereocenters. The zero-order valence-corrected chi connectivity index (χ0v) is 11.7. The van der Waals surface area contributed by atoms with Gasteiger partial charge in [0.1, 0.15) is 0 Å². The summed E-state index contributed by atoms with van der Waals surface area (Å²) in [6.45, 7) is 4.99. The van der Waals surface area contributed by atoms with Gasteiger partial charge in [0.15, 0.2) is 0 Å². The SMILES string of the molecule is CCC1=C2CCN(C1)Cc1c([nH]c3ccccc13)C2=O. The second kappa shape index (κ2) is 4.32. The largest absolute Gasteiger partial charge is 0.352 e. The first-order chi connectivity index (χ1) is 9.78. The second-order valence-electron chi connectivity index (χ2n) is 5.75. The van der Waals surface area contributed by atoms with Gasteiger partial charge in [0.2, 0.25) is 5.78 Å². The van der Waals surface area contributed by atoms with E-state index in [4.69, 9.17) is 0 Å². The fourth-order valence-electron chi connectivity index (χ4n) is 3.56. The maximum Gasteiger partial charge on any atom is 0.205 e. The van der Waals surface area contributed by atoms with Crippen LogP contribution in [0.3, 0.4) is 0 Å². The van der Waals surface area contributed by atoms with Gasteiger partial charge in [-0.25, -0.2) is 0 Å². The first kappa shape index (κ1) is 11.9. The van der Waals surface area contributed by atoms with Crippen molar-refractivity contribution in [3.8, 4) is 0 Å². The monoisotopic (exact) mass is 266 g/mol. The summed E-state index contributed by atoms with van der Waals surface area (Å²) in [7, 11) is 0. The molecule has 3 aliphatic heterocycles. The van der Waals surface area contributed by atoms with E-state index in [0.717, 1.165) is 49.3 Å². The van der Waals surface area contributed by atoms with Crippen molar-refractivity contribution in [3.63, 3.8) is 0 Å². The fourth-order valence-corrected chi connectivity index (χ4v) is 3.56. The molecule has 3 nitrogen and oxygen atoms in total. The number of benzene rings is 1. The molecule has 1 aromatic heterocycles. The van der Waals surface area contributed by atoms with E-state index < -0.39 is 0 Å². The van der Waals surface area contributed by atoms with Crippen molar-refractivity contribution < 1.29 is 4.79 Å². The number of fused-ring (bicyclic) bond motifs is 3. The average Bonchev–Trinajstić information content (AvgIpc) is 2.83. The number of hydrogen-bond acceptors (Lipinski definition) is 2. The summed E-state index contributed by atoms with van der Waals surface area (Å²) < 4.78 is 0. The number of Topliss-reactive ketones (excluding diaryl/α,β-unsaturated/α-hetero) is 1. The predicted molar refractivity (Wildman–Crippen MR) is 79.8 cm³/mol. The third kappa shape index (κ3) is 1.59. The molecule has 4 heterocycles. The van der Waals surface area contributed by atoms with Gasteiger partial charge < -0.3 is 4.98 Å². The number of aromatic amines is 1. The van der Waals surface area contributed by atoms with Gasteiger partial charge >= 0.3 is 0 Å². The molecule has 20 heavy (non-hydrogen) atoms. The molecular formula is C17H18N2O. The Labute approximate surface area is 118 Å².